The van der Waals surface area contributed by atoms with E-state index in [9.17, 15) is 44.2 Å². The SMILES string of the molecule is CC(=O)[O][Pb]([O]C(C)=O)([O]C(C)=O)[c]1cccc(C(C)(C)C)c1.CC(C)(C)c1cccc(C2([N+](=O)[O-])CCCCC2=O)c1.O=C1CCCCC1[N+](=O)[O-]. The number of hydrogen-bond acceptors (Lipinski definition) is 12. The maximum atomic E-state index is 12.3. The third-order valence-corrected chi connectivity index (χ3v) is 19.3. The van der Waals surface area contributed by atoms with Crippen LogP contribution in [0.2, 0.25) is 0 Å². The topological polar surface area (TPSA) is 199 Å². The van der Waals surface area contributed by atoms with E-state index in [1.54, 1.807) is 24.3 Å². The molecule has 4 rings (SSSR count). The minimum Gasteiger partial charge on any atom is -0.292 e. The molecule has 0 saturated heterocycles. The second kappa shape index (κ2) is 18.8. The molecule has 0 amide bonds. The zero-order valence-corrected chi connectivity index (χ0v) is 36.0. The number of nitro groups is 2. The average Bonchev–Trinajstić information content (AvgIpc) is 3.04. The molecule has 14 nitrogen and oxygen atoms in total. The Bertz CT molecular complexity index is 1650. The van der Waals surface area contributed by atoms with Crippen LogP contribution in [-0.4, -0.2) is 67.9 Å². The smallest absolute Gasteiger partial charge is 0.292 e. The summed E-state index contributed by atoms with van der Waals surface area (Å²) in [7, 11) is 0. The molecule has 2 fully saturated rings. The molecule has 15 heteroatoms. The minimum atomic E-state index is -5.09. The molecule has 0 aliphatic heterocycles. The van der Waals surface area contributed by atoms with E-state index in [1.807, 2.05) is 45.0 Å². The maximum absolute atomic E-state index is 12.3. The van der Waals surface area contributed by atoms with Crippen LogP contribution >= 0.6 is 0 Å². The fourth-order valence-electron chi connectivity index (χ4n) is 6.03. The number of ketones is 2. The van der Waals surface area contributed by atoms with Crippen molar-refractivity contribution >= 4 is 55.1 Å². The molecule has 290 valence electrons. The first-order valence-electron chi connectivity index (χ1n) is 17.6. The van der Waals surface area contributed by atoms with Gasteiger partial charge >= 0.3 is 148 Å². The number of hydrogen-bond donors (Lipinski definition) is 0. The molecule has 0 spiro atoms. The number of nitrogens with zero attached hydrogens (tertiary/aromatic N) is 2. The molecule has 0 bridgehead atoms. The molecule has 0 heterocycles. The van der Waals surface area contributed by atoms with Crippen molar-refractivity contribution in [3.05, 3.63) is 85.4 Å². The summed E-state index contributed by atoms with van der Waals surface area (Å²) in [4.78, 5) is 78.6. The van der Waals surface area contributed by atoms with Gasteiger partial charge in [0.2, 0.25) is 11.6 Å². The molecule has 2 unspecified atom stereocenters. The summed E-state index contributed by atoms with van der Waals surface area (Å²) in [5.41, 5.74) is 0.726. The van der Waals surface area contributed by atoms with E-state index < -0.39 is 56.9 Å². The first kappa shape index (κ1) is 45.1. The molecular weight excluding hydrogens is 884 g/mol. The van der Waals surface area contributed by atoms with Gasteiger partial charge in [0.1, 0.15) is 0 Å². The van der Waals surface area contributed by atoms with Gasteiger partial charge in [-0.05, 0) is 42.7 Å². The molecule has 0 N–H and O–H groups in total. The summed E-state index contributed by atoms with van der Waals surface area (Å²) in [6.07, 6.45) is 4.57. The van der Waals surface area contributed by atoms with Crippen LogP contribution < -0.4 is 3.12 Å². The van der Waals surface area contributed by atoms with Gasteiger partial charge in [-0.15, -0.1) is 0 Å². The normalized spacial score (nSPS) is 18.9. The van der Waals surface area contributed by atoms with Crippen LogP contribution in [0, 0.1) is 20.2 Å². The predicted octanol–water partition coefficient (Wildman–Crippen LogP) is 6.19. The van der Waals surface area contributed by atoms with Gasteiger partial charge in [0.05, 0.1) is 0 Å². The molecule has 2 aliphatic carbocycles. The van der Waals surface area contributed by atoms with E-state index in [0.717, 1.165) is 36.8 Å². The van der Waals surface area contributed by atoms with Crippen molar-refractivity contribution in [2.75, 3.05) is 0 Å². The van der Waals surface area contributed by atoms with Crippen molar-refractivity contribution in [1.82, 2.24) is 0 Å². The summed E-state index contributed by atoms with van der Waals surface area (Å²) >= 11 is -5.09. The Balaban J connectivity index is 0.000000294. The van der Waals surface area contributed by atoms with Crippen molar-refractivity contribution in [3.8, 4) is 0 Å². The Kier molecular flexibility index (Phi) is 16.0. The predicted molar refractivity (Wildman–Crippen MR) is 197 cm³/mol. The summed E-state index contributed by atoms with van der Waals surface area (Å²) in [6, 6.07) is 13.6. The van der Waals surface area contributed by atoms with Crippen LogP contribution in [0.25, 0.3) is 0 Å². The van der Waals surface area contributed by atoms with E-state index in [0.29, 0.717) is 34.4 Å². The standard InChI is InChI=1S/C16H21NO3.C10H13.C6H9NO3.3C2H4O2.Pb/c1-15(2,3)12-7-6-8-13(11-12)16(17(19)20)10-5-4-9-14(16)18;1-10(2,3)9-7-5-4-6-8-9;8-6-4-2-1-3-5(6)7(9)10;3*1-2(3)4;/h6-8,11H,4-5,9-10H2,1-3H3;4-5,7-8H,1-3H3;5H,1-4H2;3*1H3,(H,3,4);/q;;;;;;+3/p-3. The monoisotopic (exact) mass is 936 g/mol. The Morgan fingerprint density at radius 3 is 1.64 bits per heavy atom. The Morgan fingerprint density at radius 1 is 0.736 bits per heavy atom. The van der Waals surface area contributed by atoms with Gasteiger partial charge in [0.25, 0.3) is 6.04 Å². The van der Waals surface area contributed by atoms with Crippen molar-refractivity contribution < 1.29 is 41.9 Å². The largest absolute Gasteiger partial charge is 0.304 e. The van der Waals surface area contributed by atoms with Gasteiger partial charge in [-0.3, -0.25) is 29.8 Å². The van der Waals surface area contributed by atoms with Gasteiger partial charge in [-0.2, -0.15) is 0 Å². The third kappa shape index (κ3) is 12.5. The second-order valence-electron chi connectivity index (χ2n) is 15.3. The zero-order chi connectivity index (χ0) is 40.4. The van der Waals surface area contributed by atoms with Gasteiger partial charge in [0, 0.05) is 41.1 Å². The number of carbonyl (C=O) groups excluding carboxylic acids is 5. The number of rotatable bonds is 7. The number of Topliss-reactive ketones (excluding diaryl/α,β-unsaturated/α-hetero) is 2. The van der Waals surface area contributed by atoms with Gasteiger partial charge < -0.3 is 0 Å². The van der Waals surface area contributed by atoms with E-state index >= 15 is 0 Å². The molecule has 0 radical (unpaired) electrons. The van der Waals surface area contributed by atoms with Crippen molar-refractivity contribution in [2.45, 2.75) is 136 Å². The van der Waals surface area contributed by atoms with E-state index in [1.165, 1.54) is 20.8 Å². The van der Waals surface area contributed by atoms with Gasteiger partial charge in [0.15, 0.2) is 0 Å². The van der Waals surface area contributed by atoms with Crippen LogP contribution in [0.1, 0.15) is 130 Å². The quantitative estimate of drug-likeness (QED) is 0.174. The summed E-state index contributed by atoms with van der Waals surface area (Å²) in [5.74, 6) is -2.42. The van der Waals surface area contributed by atoms with E-state index in [2.05, 4.69) is 20.8 Å². The average molecular weight is 936 g/mol. The third-order valence-electron chi connectivity index (χ3n) is 8.86. The van der Waals surface area contributed by atoms with Crippen molar-refractivity contribution in [1.29, 1.82) is 0 Å². The Morgan fingerprint density at radius 2 is 1.23 bits per heavy atom. The molecular formula is C38H52N2O12Pb. The number of carbonyl (C=O) groups is 5. The van der Waals surface area contributed by atoms with Crippen molar-refractivity contribution in [3.63, 3.8) is 0 Å². The fraction of sp³-hybridized carbons (Fsp3) is 0.553. The first-order valence-corrected chi connectivity index (χ1v) is 24.3. The molecule has 2 aliphatic rings. The van der Waals surface area contributed by atoms with Crippen LogP contribution in [0.3, 0.4) is 0 Å². The summed E-state index contributed by atoms with van der Waals surface area (Å²) < 4.78 is 16.4. The van der Waals surface area contributed by atoms with Crippen molar-refractivity contribution in [2.24, 2.45) is 0 Å². The van der Waals surface area contributed by atoms with Gasteiger partial charge in [-0.25, -0.2) is 0 Å². The second-order valence-corrected chi connectivity index (χ2v) is 24.2. The first-order chi connectivity index (χ1) is 24.5. The zero-order valence-electron chi connectivity index (χ0n) is 32.1. The number of benzene rings is 2. The van der Waals surface area contributed by atoms with E-state index in [-0.39, 0.29) is 27.3 Å². The van der Waals surface area contributed by atoms with Crippen LogP contribution in [0.5, 0.6) is 0 Å². The molecule has 53 heavy (non-hydrogen) atoms. The maximum Gasteiger partial charge on any atom is 0.304 e. The van der Waals surface area contributed by atoms with Gasteiger partial charge in [-0.1, -0.05) is 39.0 Å². The van der Waals surface area contributed by atoms with Crippen LogP contribution in [0.4, 0.5) is 0 Å². The van der Waals surface area contributed by atoms with Crippen LogP contribution in [0.15, 0.2) is 48.5 Å². The Labute approximate surface area is 317 Å². The summed E-state index contributed by atoms with van der Waals surface area (Å²) in [5, 5.41) is 21.8. The molecule has 2 aromatic rings. The molecule has 2 saturated carbocycles. The van der Waals surface area contributed by atoms with Crippen LogP contribution in [-0.2, 0) is 48.4 Å². The minimum absolute atomic E-state index is 0.0918. The fourth-order valence-corrected chi connectivity index (χ4v) is 14.8. The summed E-state index contributed by atoms with van der Waals surface area (Å²) in [6.45, 7) is 15.8. The molecule has 2 atom stereocenters. The van der Waals surface area contributed by atoms with E-state index in [4.69, 9.17) is 8.06 Å². The molecule has 2 aromatic carbocycles. The Hall–Kier alpha value is -4.09. The molecule has 0 aromatic heterocycles.